The second-order valence-corrected chi connectivity index (χ2v) is 5.50. The number of aliphatic imine (C=N–C) groups is 1. The molecule has 0 atom stereocenters. The number of hydrogen-bond donors (Lipinski definition) is 0. The molecule has 0 N–H and O–H groups in total. The van der Waals surface area contributed by atoms with E-state index in [0.717, 1.165) is 28.1 Å². The van der Waals surface area contributed by atoms with Crippen molar-refractivity contribution in [3.05, 3.63) is 95.3 Å². The number of halogens is 1. The van der Waals surface area contributed by atoms with E-state index in [4.69, 9.17) is 4.74 Å². The van der Waals surface area contributed by atoms with Gasteiger partial charge in [-0.1, -0.05) is 42.5 Å². The lowest BCUT2D eigenvalue weighted by atomic mass is 10.2. The molecule has 0 aliphatic rings. The van der Waals surface area contributed by atoms with Crippen LogP contribution in [0.1, 0.15) is 16.7 Å². The van der Waals surface area contributed by atoms with Gasteiger partial charge in [0.15, 0.2) is 0 Å². The van der Waals surface area contributed by atoms with Crippen molar-refractivity contribution in [1.82, 2.24) is 0 Å². The number of nitrogens with zero attached hydrogens (tertiary/aromatic N) is 1. The highest BCUT2D eigenvalue weighted by molar-refractivity contribution is 5.85. The van der Waals surface area contributed by atoms with Gasteiger partial charge in [0, 0.05) is 11.8 Å². The van der Waals surface area contributed by atoms with E-state index in [2.05, 4.69) is 4.99 Å². The Labute approximate surface area is 141 Å². The third-order valence-electron chi connectivity index (χ3n) is 3.68. The fraction of sp³-hybridized carbons (Fsp3) is 0.0952. The standard InChI is InChI=1S/C21H18FNO/c1-16-6-2-4-8-20(16)23-14-18-7-3-5-9-21(18)24-15-17-10-12-19(22)13-11-17/h2-14H,15H2,1H3. The molecule has 0 unspecified atom stereocenters. The fourth-order valence-corrected chi connectivity index (χ4v) is 2.31. The number of aryl methyl sites for hydroxylation is 1. The normalized spacial score (nSPS) is 10.9. The Kier molecular flexibility index (Phi) is 5.02. The molecule has 0 aliphatic heterocycles. The van der Waals surface area contributed by atoms with E-state index < -0.39 is 0 Å². The lowest BCUT2D eigenvalue weighted by Crippen LogP contribution is -1.98. The van der Waals surface area contributed by atoms with Gasteiger partial charge >= 0.3 is 0 Å². The molecule has 3 aromatic rings. The van der Waals surface area contributed by atoms with Gasteiger partial charge in [-0.15, -0.1) is 0 Å². The summed E-state index contributed by atoms with van der Waals surface area (Å²) in [6, 6.07) is 22.0. The van der Waals surface area contributed by atoms with Gasteiger partial charge < -0.3 is 4.74 Å². The maximum Gasteiger partial charge on any atom is 0.128 e. The Morgan fingerprint density at radius 1 is 0.917 bits per heavy atom. The molecule has 3 rings (SSSR count). The molecule has 0 spiro atoms. The van der Waals surface area contributed by atoms with Crippen molar-refractivity contribution in [1.29, 1.82) is 0 Å². The smallest absolute Gasteiger partial charge is 0.128 e. The van der Waals surface area contributed by atoms with Crippen LogP contribution in [-0.2, 0) is 6.61 Å². The van der Waals surface area contributed by atoms with Gasteiger partial charge in [0.2, 0.25) is 0 Å². The second kappa shape index (κ2) is 7.55. The van der Waals surface area contributed by atoms with E-state index in [1.54, 1.807) is 12.1 Å². The Bertz CT molecular complexity index is 840. The highest BCUT2D eigenvalue weighted by Gasteiger charge is 2.02. The minimum atomic E-state index is -0.246. The Hall–Kier alpha value is -2.94. The van der Waals surface area contributed by atoms with E-state index in [-0.39, 0.29) is 5.82 Å². The average molecular weight is 319 g/mol. The molecule has 0 aliphatic carbocycles. The second-order valence-electron chi connectivity index (χ2n) is 5.50. The van der Waals surface area contributed by atoms with Crippen LogP contribution in [0.3, 0.4) is 0 Å². The number of para-hydroxylation sites is 2. The first-order valence-electron chi connectivity index (χ1n) is 7.78. The molecule has 0 heterocycles. The van der Waals surface area contributed by atoms with E-state index >= 15 is 0 Å². The van der Waals surface area contributed by atoms with Crippen LogP contribution in [0.5, 0.6) is 5.75 Å². The third kappa shape index (κ3) is 4.07. The molecule has 0 fully saturated rings. The Morgan fingerprint density at radius 2 is 1.62 bits per heavy atom. The molecule has 0 amide bonds. The SMILES string of the molecule is Cc1ccccc1N=Cc1ccccc1OCc1ccc(F)cc1. The predicted molar refractivity (Wildman–Crippen MR) is 95.6 cm³/mol. The number of ether oxygens (including phenoxy) is 1. The Balaban J connectivity index is 1.75. The summed E-state index contributed by atoms with van der Waals surface area (Å²) in [5.74, 6) is 0.503. The molecule has 3 heteroatoms. The van der Waals surface area contributed by atoms with E-state index in [1.807, 2.05) is 61.7 Å². The highest BCUT2D eigenvalue weighted by Crippen LogP contribution is 2.21. The Morgan fingerprint density at radius 3 is 2.42 bits per heavy atom. The van der Waals surface area contributed by atoms with Crippen LogP contribution in [0, 0.1) is 12.7 Å². The van der Waals surface area contributed by atoms with Crippen LogP contribution in [-0.4, -0.2) is 6.21 Å². The molecule has 3 aromatic carbocycles. The summed E-state index contributed by atoms with van der Waals surface area (Å²) >= 11 is 0. The maximum atomic E-state index is 12.9. The van der Waals surface area contributed by atoms with Crippen molar-refractivity contribution in [3.8, 4) is 5.75 Å². The molecule has 2 nitrogen and oxygen atoms in total. The molecular formula is C21H18FNO. The van der Waals surface area contributed by atoms with Crippen LogP contribution in [0.25, 0.3) is 0 Å². The summed E-state index contributed by atoms with van der Waals surface area (Å²) in [6.45, 7) is 2.42. The lowest BCUT2D eigenvalue weighted by molar-refractivity contribution is 0.305. The van der Waals surface area contributed by atoms with Gasteiger partial charge in [-0.3, -0.25) is 4.99 Å². The zero-order valence-electron chi connectivity index (χ0n) is 13.4. The zero-order chi connectivity index (χ0) is 16.8. The van der Waals surface area contributed by atoms with Crippen molar-refractivity contribution < 1.29 is 9.13 Å². The summed E-state index contributed by atoms with van der Waals surface area (Å²) in [4.78, 5) is 4.55. The van der Waals surface area contributed by atoms with E-state index in [9.17, 15) is 4.39 Å². The highest BCUT2D eigenvalue weighted by atomic mass is 19.1. The van der Waals surface area contributed by atoms with E-state index in [1.165, 1.54) is 12.1 Å². The number of hydrogen-bond acceptors (Lipinski definition) is 2. The number of rotatable bonds is 5. The van der Waals surface area contributed by atoms with Crippen molar-refractivity contribution in [2.75, 3.05) is 0 Å². The molecular weight excluding hydrogens is 301 g/mol. The number of benzene rings is 3. The average Bonchev–Trinajstić information content (AvgIpc) is 2.61. The lowest BCUT2D eigenvalue weighted by Gasteiger charge is -2.09. The molecule has 24 heavy (non-hydrogen) atoms. The molecule has 0 aromatic heterocycles. The molecule has 0 radical (unpaired) electrons. The first-order valence-corrected chi connectivity index (χ1v) is 7.78. The molecule has 0 saturated heterocycles. The molecule has 0 saturated carbocycles. The predicted octanol–water partition coefficient (Wildman–Crippen LogP) is 5.46. The minimum absolute atomic E-state index is 0.246. The largest absolute Gasteiger partial charge is 0.488 e. The minimum Gasteiger partial charge on any atom is -0.488 e. The van der Waals surface area contributed by atoms with Gasteiger partial charge in [0.1, 0.15) is 18.2 Å². The molecule has 0 bridgehead atoms. The van der Waals surface area contributed by atoms with Crippen molar-refractivity contribution in [2.24, 2.45) is 4.99 Å². The van der Waals surface area contributed by atoms with Crippen molar-refractivity contribution in [3.63, 3.8) is 0 Å². The van der Waals surface area contributed by atoms with E-state index in [0.29, 0.717) is 6.61 Å². The monoisotopic (exact) mass is 319 g/mol. The third-order valence-corrected chi connectivity index (χ3v) is 3.68. The van der Waals surface area contributed by atoms with Gasteiger partial charge in [-0.25, -0.2) is 4.39 Å². The van der Waals surface area contributed by atoms with Gasteiger partial charge in [0.05, 0.1) is 5.69 Å². The van der Waals surface area contributed by atoms with Gasteiger partial charge in [-0.05, 0) is 48.4 Å². The quantitative estimate of drug-likeness (QED) is 0.572. The zero-order valence-corrected chi connectivity index (χ0v) is 13.4. The van der Waals surface area contributed by atoms with Crippen LogP contribution in [0.15, 0.2) is 77.8 Å². The van der Waals surface area contributed by atoms with Crippen LogP contribution in [0.2, 0.25) is 0 Å². The van der Waals surface area contributed by atoms with Crippen LogP contribution < -0.4 is 4.74 Å². The summed E-state index contributed by atoms with van der Waals surface area (Å²) in [5.41, 5.74) is 3.88. The summed E-state index contributed by atoms with van der Waals surface area (Å²) < 4.78 is 18.8. The van der Waals surface area contributed by atoms with Gasteiger partial charge in [0.25, 0.3) is 0 Å². The first-order chi connectivity index (χ1) is 11.7. The topological polar surface area (TPSA) is 21.6 Å². The molecule has 120 valence electrons. The summed E-state index contributed by atoms with van der Waals surface area (Å²) in [7, 11) is 0. The fourth-order valence-electron chi connectivity index (χ4n) is 2.31. The summed E-state index contributed by atoms with van der Waals surface area (Å²) in [6.07, 6.45) is 1.81. The van der Waals surface area contributed by atoms with Crippen molar-refractivity contribution >= 4 is 11.9 Å². The maximum absolute atomic E-state index is 12.9. The first kappa shape index (κ1) is 15.9. The van der Waals surface area contributed by atoms with Crippen LogP contribution in [0.4, 0.5) is 10.1 Å². The van der Waals surface area contributed by atoms with Crippen molar-refractivity contribution in [2.45, 2.75) is 13.5 Å². The van der Waals surface area contributed by atoms with Gasteiger partial charge in [-0.2, -0.15) is 0 Å². The summed E-state index contributed by atoms with van der Waals surface area (Å²) in [5, 5.41) is 0. The van der Waals surface area contributed by atoms with Crippen LogP contribution >= 0.6 is 0 Å².